The third-order valence-electron chi connectivity index (χ3n) is 0.980. The normalized spacial score (nSPS) is 8.60. The molecule has 0 aromatic rings. The number of rotatable bonds is 4. The van der Waals surface area contributed by atoms with Crippen molar-refractivity contribution in [1.29, 1.82) is 0 Å². The molecule has 4 heteroatoms. The molecule has 10 heavy (non-hydrogen) atoms. The summed E-state index contributed by atoms with van der Waals surface area (Å²) in [6.45, 7) is 3.79. The van der Waals surface area contributed by atoms with Crippen LogP contribution >= 0.6 is 0 Å². The summed E-state index contributed by atoms with van der Waals surface area (Å²) in [7, 11) is 0.692. The van der Waals surface area contributed by atoms with Crippen LogP contribution in [0.5, 0.6) is 0 Å². The van der Waals surface area contributed by atoms with Crippen LogP contribution in [0.25, 0.3) is 0 Å². The van der Waals surface area contributed by atoms with E-state index in [9.17, 15) is 9.59 Å². The zero-order valence-corrected chi connectivity index (χ0v) is 6.35. The van der Waals surface area contributed by atoms with E-state index >= 15 is 0 Å². The summed E-state index contributed by atoms with van der Waals surface area (Å²) >= 11 is 0. The van der Waals surface area contributed by atoms with Crippen LogP contribution in [0.1, 0.15) is 6.92 Å². The first kappa shape index (κ1) is 9.20. The fourth-order valence-corrected chi connectivity index (χ4v) is 0.541. The lowest BCUT2D eigenvalue weighted by Gasteiger charge is -1.96. The molecule has 0 spiro atoms. The van der Waals surface area contributed by atoms with Gasteiger partial charge in [0, 0.05) is 0 Å². The number of hydrogen-bond donors (Lipinski definition) is 0. The third kappa shape index (κ3) is 3.27. The van der Waals surface area contributed by atoms with Crippen molar-refractivity contribution in [2.75, 3.05) is 6.61 Å². The zero-order chi connectivity index (χ0) is 7.98. The summed E-state index contributed by atoms with van der Waals surface area (Å²) in [5.41, 5.74) is 0. The Balaban J connectivity index is 3.60. The highest BCUT2D eigenvalue weighted by atomic mass is 16.5. The lowest BCUT2D eigenvalue weighted by Crippen LogP contribution is -2.17. The van der Waals surface area contributed by atoms with E-state index < -0.39 is 11.8 Å². The molecule has 0 aliphatic rings. The van der Waals surface area contributed by atoms with E-state index in [1.807, 2.05) is 6.82 Å². The minimum absolute atomic E-state index is 0.272. The predicted octanol–water partition coefficient (Wildman–Crippen LogP) is 0.0215. The van der Waals surface area contributed by atoms with Crippen LogP contribution < -0.4 is 0 Å². The highest BCUT2D eigenvalue weighted by Gasteiger charge is 2.12. The lowest BCUT2D eigenvalue weighted by molar-refractivity contribution is -0.152. The fourth-order valence-electron chi connectivity index (χ4n) is 0.541. The molecule has 0 aliphatic carbocycles. The van der Waals surface area contributed by atoms with E-state index in [0.29, 0.717) is 13.6 Å². The average molecular weight is 142 g/mol. The zero-order valence-electron chi connectivity index (χ0n) is 6.35. The van der Waals surface area contributed by atoms with Crippen LogP contribution in [0.2, 0.25) is 13.1 Å². The number of ether oxygens (including phenoxy) is 1. The minimum Gasteiger partial charge on any atom is -0.460 e. The Morgan fingerprint density at radius 2 is 2.10 bits per heavy atom. The second-order valence-corrected chi connectivity index (χ2v) is 1.89. The second kappa shape index (κ2) is 5.03. The minimum atomic E-state index is -0.704. The first-order valence-corrected chi connectivity index (χ1v) is 3.42. The van der Waals surface area contributed by atoms with Crippen LogP contribution in [-0.4, -0.2) is 25.6 Å². The lowest BCUT2D eigenvalue weighted by atomic mass is 9.76. The molecule has 56 valence electrons. The van der Waals surface area contributed by atoms with Crippen molar-refractivity contribution < 1.29 is 14.3 Å². The molecule has 0 aromatic heterocycles. The number of ketones is 1. The van der Waals surface area contributed by atoms with E-state index in [1.54, 1.807) is 6.92 Å². The molecule has 0 rings (SSSR count). The molecular weight excluding hydrogens is 131 g/mol. The Hall–Kier alpha value is -0.795. The Kier molecular flexibility index (Phi) is 4.63. The molecule has 0 heterocycles. The smallest absolute Gasteiger partial charge is 0.373 e. The van der Waals surface area contributed by atoms with Crippen molar-refractivity contribution in [3.05, 3.63) is 0 Å². The summed E-state index contributed by atoms with van der Waals surface area (Å²) < 4.78 is 4.47. The Bertz CT molecular complexity index is 117. The Morgan fingerprint density at radius 1 is 1.50 bits per heavy atom. The van der Waals surface area contributed by atoms with Gasteiger partial charge < -0.3 is 4.74 Å². The van der Waals surface area contributed by atoms with Crippen LogP contribution in [0.3, 0.4) is 0 Å². The Morgan fingerprint density at radius 3 is 2.50 bits per heavy atom. The summed E-state index contributed by atoms with van der Waals surface area (Å²) in [4.78, 5) is 21.2. The molecular formula is C6H11BO3. The van der Waals surface area contributed by atoms with Gasteiger partial charge in [0.15, 0.2) is 0 Å². The van der Waals surface area contributed by atoms with E-state index in [0.717, 1.165) is 0 Å². The quantitative estimate of drug-likeness (QED) is 0.315. The maximum absolute atomic E-state index is 10.7. The van der Waals surface area contributed by atoms with E-state index in [4.69, 9.17) is 0 Å². The number of hydrogen-bond acceptors (Lipinski definition) is 3. The van der Waals surface area contributed by atoms with Gasteiger partial charge in [-0.3, -0.25) is 4.79 Å². The largest absolute Gasteiger partial charge is 0.460 e. The highest BCUT2D eigenvalue weighted by molar-refractivity contribution is 6.50. The highest BCUT2D eigenvalue weighted by Crippen LogP contribution is 1.86. The van der Waals surface area contributed by atoms with Gasteiger partial charge in [-0.15, -0.1) is 0 Å². The molecule has 0 radical (unpaired) electrons. The second-order valence-electron chi connectivity index (χ2n) is 1.89. The van der Waals surface area contributed by atoms with Crippen LogP contribution in [0.4, 0.5) is 0 Å². The van der Waals surface area contributed by atoms with Gasteiger partial charge in [0.2, 0.25) is 5.78 Å². The molecule has 0 atom stereocenters. The van der Waals surface area contributed by atoms with Gasteiger partial charge in [-0.05, 0) is 13.2 Å². The van der Waals surface area contributed by atoms with Crippen molar-refractivity contribution in [3.63, 3.8) is 0 Å². The number of carbonyl (C=O) groups excluding carboxylic acids is 2. The third-order valence-corrected chi connectivity index (χ3v) is 0.980. The molecule has 0 bridgehead atoms. The van der Waals surface area contributed by atoms with Gasteiger partial charge in [0.25, 0.3) is 0 Å². The van der Waals surface area contributed by atoms with Crippen molar-refractivity contribution >= 4 is 19.0 Å². The van der Waals surface area contributed by atoms with Crippen molar-refractivity contribution in [2.24, 2.45) is 0 Å². The van der Waals surface area contributed by atoms with Crippen LogP contribution in [0, 0.1) is 0 Å². The molecule has 0 unspecified atom stereocenters. The molecule has 0 saturated carbocycles. The van der Waals surface area contributed by atoms with Crippen LogP contribution in [-0.2, 0) is 14.3 Å². The molecule has 0 aromatic carbocycles. The average Bonchev–Trinajstić information content (AvgIpc) is 1.89. The SMILES string of the molecule is CBCC(=O)C(=O)OCC. The van der Waals surface area contributed by atoms with Crippen molar-refractivity contribution in [2.45, 2.75) is 20.1 Å². The first-order chi connectivity index (χ1) is 4.72. The van der Waals surface area contributed by atoms with Crippen molar-refractivity contribution in [1.82, 2.24) is 0 Å². The molecule has 0 N–H and O–H groups in total. The molecule has 0 fully saturated rings. The summed E-state index contributed by atoms with van der Waals surface area (Å²) in [6, 6.07) is 0. The first-order valence-electron chi connectivity index (χ1n) is 3.42. The van der Waals surface area contributed by atoms with Crippen molar-refractivity contribution in [3.8, 4) is 0 Å². The maximum Gasteiger partial charge on any atom is 0.373 e. The van der Waals surface area contributed by atoms with Gasteiger partial charge in [-0.25, -0.2) is 4.79 Å². The number of Topliss-reactive ketones (excluding diaryl/α,β-unsaturated/α-hetero) is 1. The van der Waals surface area contributed by atoms with Gasteiger partial charge in [0.1, 0.15) is 7.28 Å². The maximum atomic E-state index is 10.7. The van der Waals surface area contributed by atoms with Gasteiger partial charge in [-0.2, -0.15) is 0 Å². The van der Waals surface area contributed by atoms with E-state index in [1.165, 1.54) is 0 Å². The topological polar surface area (TPSA) is 43.4 Å². The van der Waals surface area contributed by atoms with Gasteiger partial charge in [0.05, 0.1) is 6.61 Å². The molecule has 3 nitrogen and oxygen atoms in total. The monoisotopic (exact) mass is 142 g/mol. The number of esters is 1. The van der Waals surface area contributed by atoms with E-state index in [-0.39, 0.29) is 6.61 Å². The molecule has 0 amide bonds. The summed E-state index contributed by atoms with van der Waals surface area (Å²) in [5, 5.41) is 0. The standard InChI is InChI=1S/C6H11BO3/c1-3-10-6(9)5(8)4-7-2/h7H,3-4H2,1-2H3. The molecule has 0 saturated heterocycles. The predicted molar refractivity (Wildman–Crippen MR) is 39.5 cm³/mol. The van der Waals surface area contributed by atoms with Gasteiger partial charge >= 0.3 is 5.97 Å². The van der Waals surface area contributed by atoms with Crippen LogP contribution in [0.15, 0.2) is 0 Å². The molecule has 0 aliphatic heterocycles. The van der Waals surface area contributed by atoms with Gasteiger partial charge in [-0.1, -0.05) is 6.82 Å². The number of carbonyl (C=O) groups is 2. The van der Waals surface area contributed by atoms with E-state index in [2.05, 4.69) is 4.74 Å². The summed E-state index contributed by atoms with van der Waals surface area (Å²) in [6.07, 6.45) is 0.291. The fraction of sp³-hybridized carbons (Fsp3) is 0.667. The Labute approximate surface area is 61.0 Å². The summed E-state index contributed by atoms with van der Waals surface area (Å²) in [5.74, 6) is -1.13.